The first-order valence-electron chi connectivity index (χ1n) is 5.11. The van der Waals surface area contributed by atoms with E-state index in [9.17, 15) is 14.9 Å². The van der Waals surface area contributed by atoms with Crippen molar-refractivity contribution in [1.82, 2.24) is 0 Å². The number of benzene rings is 1. The molecule has 18 heavy (non-hydrogen) atoms. The predicted octanol–water partition coefficient (Wildman–Crippen LogP) is 3.30. The third-order valence-corrected chi connectivity index (χ3v) is 4.90. The number of hydrogen-bond acceptors (Lipinski definition) is 4. The number of nitro groups is 1. The van der Waals surface area contributed by atoms with E-state index in [1.165, 1.54) is 24.3 Å². The Kier molecular flexibility index (Phi) is 5.74. The molecule has 0 N–H and O–H groups in total. The highest BCUT2D eigenvalue weighted by atomic mass is 79.9. The first-order chi connectivity index (χ1) is 8.45. The maximum absolute atomic E-state index is 11.7. The molecule has 0 aliphatic rings. The molecule has 5 nitrogen and oxygen atoms in total. The molecule has 0 aliphatic carbocycles. The van der Waals surface area contributed by atoms with Crippen LogP contribution in [0.1, 0.15) is 17.3 Å². The Morgan fingerprint density at radius 2 is 2.00 bits per heavy atom. The third kappa shape index (κ3) is 4.06. The van der Waals surface area contributed by atoms with Crippen molar-refractivity contribution in [2.24, 2.45) is 0 Å². The lowest BCUT2D eigenvalue weighted by atomic mass is 10.2. The number of hydrogen-bond donors (Lipinski definition) is 0. The molecule has 2 unspecified atom stereocenters. The molecular formula is C11H11Br2NO4. The van der Waals surface area contributed by atoms with Crippen molar-refractivity contribution >= 4 is 43.5 Å². The van der Waals surface area contributed by atoms with Crippen molar-refractivity contribution < 1.29 is 14.5 Å². The fraction of sp³-hybridized carbons (Fsp3) is 0.364. The van der Waals surface area contributed by atoms with Crippen LogP contribution in [0.2, 0.25) is 0 Å². The van der Waals surface area contributed by atoms with Gasteiger partial charge >= 0.3 is 5.97 Å². The maximum atomic E-state index is 11.7. The molecule has 1 aromatic carbocycles. The van der Waals surface area contributed by atoms with Crippen molar-refractivity contribution in [2.45, 2.75) is 17.9 Å². The molecule has 0 aliphatic heterocycles. The van der Waals surface area contributed by atoms with E-state index in [4.69, 9.17) is 4.74 Å². The summed E-state index contributed by atoms with van der Waals surface area (Å²) < 4.78 is 5.20. The van der Waals surface area contributed by atoms with Gasteiger partial charge in [0.05, 0.1) is 15.3 Å². The van der Waals surface area contributed by atoms with E-state index in [2.05, 4.69) is 31.9 Å². The average Bonchev–Trinajstić information content (AvgIpc) is 2.37. The smallest absolute Gasteiger partial charge is 0.338 e. The first kappa shape index (κ1) is 15.1. The summed E-state index contributed by atoms with van der Waals surface area (Å²) in [5.41, 5.74) is 0.236. The van der Waals surface area contributed by atoms with Crippen molar-refractivity contribution in [2.75, 3.05) is 5.33 Å². The van der Waals surface area contributed by atoms with Gasteiger partial charge in [0, 0.05) is 17.5 Å². The Balaban J connectivity index is 2.70. The Bertz CT molecular complexity index is 435. The lowest BCUT2D eigenvalue weighted by Gasteiger charge is -2.16. The van der Waals surface area contributed by atoms with Crippen molar-refractivity contribution in [3.05, 3.63) is 39.9 Å². The summed E-state index contributed by atoms with van der Waals surface area (Å²) in [4.78, 5) is 21.7. The Hall–Kier alpha value is -0.950. The van der Waals surface area contributed by atoms with E-state index in [1.54, 1.807) is 6.92 Å². The van der Waals surface area contributed by atoms with Gasteiger partial charge in [-0.05, 0) is 19.1 Å². The second kappa shape index (κ2) is 6.84. The van der Waals surface area contributed by atoms with Gasteiger partial charge in [0.25, 0.3) is 5.69 Å². The molecule has 0 fully saturated rings. The zero-order valence-electron chi connectivity index (χ0n) is 9.51. The predicted molar refractivity (Wildman–Crippen MR) is 74.5 cm³/mol. The number of nitrogens with zero attached hydrogens (tertiary/aromatic N) is 1. The van der Waals surface area contributed by atoms with Crippen LogP contribution in [-0.2, 0) is 4.74 Å². The molecule has 0 saturated heterocycles. The molecular weight excluding hydrogens is 370 g/mol. The number of ether oxygens (including phenoxy) is 1. The highest BCUT2D eigenvalue weighted by molar-refractivity contribution is 9.12. The number of alkyl halides is 2. The fourth-order valence-electron chi connectivity index (χ4n) is 1.16. The number of carbonyl (C=O) groups excluding carboxylic acids is 1. The van der Waals surface area contributed by atoms with E-state index in [0.717, 1.165) is 0 Å². The summed E-state index contributed by atoms with van der Waals surface area (Å²) in [6.07, 6.45) is -0.299. The number of nitro benzene ring substituents is 1. The third-order valence-electron chi connectivity index (χ3n) is 2.26. The second-order valence-corrected chi connectivity index (χ2v) is 5.41. The molecule has 1 aromatic rings. The molecule has 0 radical (unpaired) electrons. The fourth-order valence-corrected chi connectivity index (χ4v) is 1.79. The molecule has 0 bridgehead atoms. The molecule has 2 atom stereocenters. The number of carbonyl (C=O) groups is 1. The van der Waals surface area contributed by atoms with Gasteiger partial charge in [0.1, 0.15) is 6.10 Å². The highest BCUT2D eigenvalue weighted by Gasteiger charge is 2.18. The molecule has 7 heteroatoms. The van der Waals surface area contributed by atoms with Crippen LogP contribution in [0.25, 0.3) is 0 Å². The Labute approximate surface area is 121 Å². The summed E-state index contributed by atoms with van der Waals surface area (Å²) in [5.74, 6) is -0.497. The van der Waals surface area contributed by atoms with Crippen LogP contribution in [0.5, 0.6) is 0 Å². The number of halogens is 2. The zero-order chi connectivity index (χ0) is 13.7. The summed E-state index contributed by atoms with van der Waals surface area (Å²) in [6, 6.07) is 5.31. The summed E-state index contributed by atoms with van der Waals surface area (Å²) in [6.45, 7) is 1.77. The van der Waals surface area contributed by atoms with Gasteiger partial charge in [-0.25, -0.2) is 4.79 Å². The average molecular weight is 381 g/mol. The van der Waals surface area contributed by atoms with Crippen LogP contribution in [-0.4, -0.2) is 27.2 Å². The van der Waals surface area contributed by atoms with Crippen LogP contribution >= 0.6 is 31.9 Å². The highest BCUT2D eigenvalue weighted by Crippen LogP contribution is 2.16. The molecule has 0 saturated carbocycles. The summed E-state index contributed by atoms with van der Waals surface area (Å²) >= 11 is 6.63. The largest absolute Gasteiger partial charge is 0.458 e. The summed E-state index contributed by atoms with van der Waals surface area (Å²) in [7, 11) is 0. The lowest BCUT2D eigenvalue weighted by Crippen LogP contribution is -2.25. The van der Waals surface area contributed by atoms with Gasteiger partial charge in [-0.1, -0.05) is 31.9 Å². The van der Waals surface area contributed by atoms with E-state index >= 15 is 0 Å². The Morgan fingerprint density at radius 3 is 2.44 bits per heavy atom. The number of rotatable bonds is 5. The van der Waals surface area contributed by atoms with Crippen LogP contribution in [0.4, 0.5) is 5.69 Å². The monoisotopic (exact) mass is 379 g/mol. The summed E-state index contributed by atoms with van der Waals surface area (Å²) in [5, 5.41) is 11.1. The standard InChI is InChI=1S/C11H11Br2NO4/c1-7(10(13)6-12)18-11(15)8-2-4-9(5-3-8)14(16)17/h2-5,7,10H,6H2,1H3. The zero-order valence-corrected chi connectivity index (χ0v) is 12.7. The van der Waals surface area contributed by atoms with Crippen LogP contribution in [0.15, 0.2) is 24.3 Å². The maximum Gasteiger partial charge on any atom is 0.338 e. The van der Waals surface area contributed by atoms with E-state index < -0.39 is 10.9 Å². The van der Waals surface area contributed by atoms with Gasteiger partial charge in [-0.15, -0.1) is 0 Å². The molecule has 1 rings (SSSR count). The normalized spacial score (nSPS) is 13.7. The number of esters is 1. The minimum atomic E-state index is -0.517. The van der Waals surface area contributed by atoms with E-state index in [0.29, 0.717) is 10.9 Å². The van der Waals surface area contributed by atoms with Crippen LogP contribution < -0.4 is 0 Å². The first-order valence-corrected chi connectivity index (χ1v) is 7.15. The molecule has 98 valence electrons. The van der Waals surface area contributed by atoms with E-state index in [-0.39, 0.29) is 16.6 Å². The quantitative estimate of drug-likeness (QED) is 0.340. The van der Waals surface area contributed by atoms with E-state index in [1.807, 2.05) is 0 Å². The van der Waals surface area contributed by atoms with Gasteiger partial charge in [-0.3, -0.25) is 10.1 Å². The number of non-ortho nitro benzene ring substituents is 1. The van der Waals surface area contributed by atoms with Crippen molar-refractivity contribution in [3.63, 3.8) is 0 Å². The topological polar surface area (TPSA) is 69.4 Å². The molecule has 0 amide bonds. The van der Waals surface area contributed by atoms with Gasteiger partial charge in [0.2, 0.25) is 0 Å². The molecule has 0 heterocycles. The molecule has 0 spiro atoms. The lowest BCUT2D eigenvalue weighted by molar-refractivity contribution is -0.384. The van der Waals surface area contributed by atoms with Gasteiger partial charge in [0.15, 0.2) is 0 Å². The molecule has 0 aromatic heterocycles. The minimum absolute atomic E-state index is 0.0134. The SMILES string of the molecule is CC(OC(=O)c1ccc([N+](=O)[O-])cc1)C(Br)CBr. The second-order valence-electron chi connectivity index (χ2n) is 3.58. The van der Waals surface area contributed by atoms with Crippen molar-refractivity contribution in [3.8, 4) is 0 Å². The van der Waals surface area contributed by atoms with Crippen molar-refractivity contribution in [1.29, 1.82) is 0 Å². The Morgan fingerprint density at radius 1 is 1.44 bits per heavy atom. The minimum Gasteiger partial charge on any atom is -0.458 e. The van der Waals surface area contributed by atoms with Gasteiger partial charge in [-0.2, -0.15) is 0 Å². The van der Waals surface area contributed by atoms with Crippen LogP contribution in [0.3, 0.4) is 0 Å². The van der Waals surface area contributed by atoms with Crippen LogP contribution in [0, 0.1) is 10.1 Å². The van der Waals surface area contributed by atoms with Gasteiger partial charge < -0.3 is 4.74 Å².